The molecule has 34 heavy (non-hydrogen) atoms. The molecule has 3 N–H and O–H groups in total. The van der Waals surface area contributed by atoms with Crippen molar-refractivity contribution in [2.24, 2.45) is 11.8 Å². The van der Waals surface area contributed by atoms with Crippen molar-refractivity contribution >= 4 is 42.3 Å². The number of halogens is 3. The molecule has 1 rings (SSSR count). The van der Waals surface area contributed by atoms with Gasteiger partial charge in [0.05, 0.1) is 12.5 Å². The van der Waals surface area contributed by atoms with Gasteiger partial charge in [-0.2, -0.15) is 13.2 Å². The zero-order chi connectivity index (χ0) is 26.5. The summed E-state index contributed by atoms with van der Waals surface area (Å²) in [6.45, 7) is 8.15. The molecule has 2 unspecified atom stereocenters. The maximum atomic E-state index is 12.4. The Labute approximate surface area is 202 Å². The van der Waals surface area contributed by atoms with E-state index in [0.29, 0.717) is 17.9 Å². The van der Waals surface area contributed by atoms with Crippen LogP contribution in [-0.2, 0) is 14.4 Å². The third-order valence-electron chi connectivity index (χ3n) is 4.02. The minimum Gasteiger partial charge on any atom is -0.337 e. The molecule has 192 valence electrons. The molecule has 0 radical (unpaired) electrons. The summed E-state index contributed by atoms with van der Waals surface area (Å²) in [5.41, 5.74) is -0.118. The van der Waals surface area contributed by atoms with Crippen molar-refractivity contribution in [3.8, 4) is 0 Å². The molecule has 1 aromatic rings. The maximum Gasteiger partial charge on any atom is 0.471 e. The van der Waals surface area contributed by atoms with E-state index in [0.717, 1.165) is 24.5 Å². The summed E-state index contributed by atoms with van der Waals surface area (Å²) in [7, 11) is 0. The van der Waals surface area contributed by atoms with Crippen LogP contribution in [0.4, 0.5) is 18.9 Å². The zero-order valence-electron chi connectivity index (χ0n) is 19.6. The quantitative estimate of drug-likeness (QED) is 0.0901. The number of rotatable bonds is 11. The van der Waals surface area contributed by atoms with Gasteiger partial charge in [-0.15, -0.1) is 12.6 Å². The fraction of sp³-hybridized carbons (Fsp3) is 0.545. The second kappa shape index (κ2) is 15.3. The van der Waals surface area contributed by atoms with E-state index in [1.807, 2.05) is 6.92 Å². The summed E-state index contributed by atoms with van der Waals surface area (Å²) in [4.78, 5) is 46.3. The van der Waals surface area contributed by atoms with Gasteiger partial charge in [0.15, 0.2) is 5.78 Å². The lowest BCUT2D eigenvalue weighted by molar-refractivity contribution is -0.167. The average molecular weight is 508 g/mol. The van der Waals surface area contributed by atoms with Gasteiger partial charge >= 0.3 is 12.1 Å². The van der Waals surface area contributed by atoms with Gasteiger partial charge in [0.2, 0.25) is 12.3 Å². The van der Waals surface area contributed by atoms with E-state index in [2.05, 4.69) is 38.7 Å². The number of nitrogens with one attached hydrogen (secondary N) is 2. The van der Waals surface area contributed by atoms with Crippen molar-refractivity contribution in [2.45, 2.75) is 58.5 Å². The summed E-state index contributed by atoms with van der Waals surface area (Å²) in [5, 5.41) is 12.4. The number of ketones is 1. The van der Waals surface area contributed by atoms with Gasteiger partial charge in [0.1, 0.15) is 5.37 Å². The summed E-state index contributed by atoms with van der Waals surface area (Å²) < 4.78 is 36.8. The van der Waals surface area contributed by atoms with Gasteiger partial charge < -0.3 is 10.6 Å². The van der Waals surface area contributed by atoms with Crippen LogP contribution < -0.4 is 10.6 Å². The van der Waals surface area contributed by atoms with E-state index in [-0.39, 0.29) is 24.2 Å². The first-order valence-electron chi connectivity index (χ1n) is 10.6. The predicted molar refractivity (Wildman–Crippen MR) is 124 cm³/mol. The number of amides is 3. The van der Waals surface area contributed by atoms with Crippen molar-refractivity contribution in [3.05, 3.63) is 29.8 Å². The first-order valence-corrected chi connectivity index (χ1v) is 11.2. The molecular weight excluding hydrogens is 475 g/mol. The smallest absolute Gasteiger partial charge is 0.337 e. The van der Waals surface area contributed by atoms with Crippen LogP contribution in [0.3, 0.4) is 0 Å². The molecule has 0 fully saturated rings. The Morgan fingerprint density at radius 2 is 1.68 bits per heavy atom. The Bertz CT molecular complexity index is 801. The molecule has 0 saturated carbocycles. The van der Waals surface area contributed by atoms with Crippen LogP contribution in [0, 0.1) is 11.8 Å². The maximum absolute atomic E-state index is 12.4. The molecule has 2 atom stereocenters. The van der Waals surface area contributed by atoms with Crippen molar-refractivity contribution < 1.29 is 37.6 Å². The second-order valence-electron chi connectivity index (χ2n) is 8.10. The van der Waals surface area contributed by atoms with E-state index < -0.39 is 35.1 Å². The van der Waals surface area contributed by atoms with E-state index in [9.17, 15) is 37.6 Å². The Morgan fingerprint density at radius 1 is 1.15 bits per heavy atom. The van der Waals surface area contributed by atoms with Gasteiger partial charge in [-0.1, -0.05) is 40.5 Å². The van der Waals surface area contributed by atoms with Gasteiger partial charge in [0, 0.05) is 11.3 Å². The minimum atomic E-state index is -5.04. The first-order chi connectivity index (χ1) is 15.7. The number of thiol groups is 1. The fourth-order valence-corrected chi connectivity index (χ4v) is 2.70. The fourth-order valence-electron chi connectivity index (χ4n) is 2.42. The number of unbranched alkanes of at least 4 members (excludes halogenated alkanes) is 1. The molecular formula is C22H32F3N3O5S. The number of Topliss-reactive ketones (excluding diaryl/α,β-unsaturated/α-hetero) is 1. The Kier molecular flexibility index (Phi) is 14.2. The Morgan fingerprint density at radius 3 is 2.12 bits per heavy atom. The lowest BCUT2D eigenvalue weighted by Gasteiger charge is -2.21. The topological polar surface area (TPSA) is 116 Å². The molecule has 1 aromatic carbocycles. The molecule has 0 saturated heterocycles. The van der Waals surface area contributed by atoms with E-state index in [1.54, 1.807) is 5.32 Å². The predicted octanol–water partition coefficient (Wildman–Crippen LogP) is 4.06. The standard InChI is InChI=1S/C18H22F3N3O5S.C4H10/c1-2-3-4-12(9-24(29)10-25)15(27)23-16(30)14(26)11-5-7-13(8-6-11)22-17(28)18(19,20)21;1-4(2)3/h5-8,10,12,16,29-30H,2-4,9H2,1H3,(H,22,28)(H,23,27);4H,1-3H3. The molecule has 0 bridgehead atoms. The van der Waals surface area contributed by atoms with Crippen LogP contribution in [0.25, 0.3) is 0 Å². The highest BCUT2D eigenvalue weighted by atomic mass is 32.1. The number of carbonyl (C=O) groups is 4. The normalized spacial score (nSPS) is 12.6. The molecule has 0 aliphatic heterocycles. The zero-order valence-corrected chi connectivity index (χ0v) is 20.5. The summed E-state index contributed by atoms with van der Waals surface area (Å²) in [5.74, 6) is -3.30. The Hall–Kier alpha value is -2.60. The highest BCUT2D eigenvalue weighted by Crippen LogP contribution is 2.19. The van der Waals surface area contributed by atoms with E-state index >= 15 is 0 Å². The van der Waals surface area contributed by atoms with Crippen LogP contribution in [0.5, 0.6) is 0 Å². The number of anilines is 1. The van der Waals surface area contributed by atoms with Crippen LogP contribution in [0.15, 0.2) is 24.3 Å². The number of nitrogens with zero attached hydrogens (tertiary/aromatic N) is 1. The lowest BCUT2D eigenvalue weighted by Crippen LogP contribution is -2.43. The molecule has 0 heterocycles. The molecule has 0 aromatic heterocycles. The SMILES string of the molecule is CC(C)C.CCCCC(CN(O)C=O)C(=O)NC(S)C(=O)c1ccc(NC(=O)C(F)(F)F)cc1. The monoisotopic (exact) mass is 507 g/mol. The molecule has 0 spiro atoms. The average Bonchev–Trinajstić information content (AvgIpc) is 2.75. The number of hydrogen-bond acceptors (Lipinski definition) is 6. The molecule has 0 aliphatic carbocycles. The summed E-state index contributed by atoms with van der Waals surface area (Å²) in [6.07, 6.45) is -3.08. The van der Waals surface area contributed by atoms with Gasteiger partial charge in [-0.3, -0.25) is 24.4 Å². The van der Waals surface area contributed by atoms with Gasteiger partial charge in [0.25, 0.3) is 0 Å². The molecule has 12 heteroatoms. The van der Waals surface area contributed by atoms with Crippen molar-refractivity contribution in [1.82, 2.24) is 10.4 Å². The second-order valence-corrected chi connectivity index (χ2v) is 8.62. The van der Waals surface area contributed by atoms with E-state index in [4.69, 9.17) is 0 Å². The number of benzene rings is 1. The molecule has 0 aliphatic rings. The first kappa shape index (κ1) is 31.4. The van der Waals surface area contributed by atoms with Crippen LogP contribution >= 0.6 is 12.6 Å². The third kappa shape index (κ3) is 12.6. The van der Waals surface area contributed by atoms with Crippen LogP contribution in [0.1, 0.15) is 57.3 Å². The van der Waals surface area contributed by atoms with Crippen molar-refractivity contribution in [2.75, 3.05) is 11.9 Å². The van der Waals surface area contributed by atoms with Crippen LogP contribution in [-0.4, -0.2) is 52.4 Å². The van der Waals surface area contributed by atoms with Crippen LogP contribution in [0.2, 0.25) is 0 Å². The number of carbonyl (C=O) groups excluding carboxylic acids is 4. The highest BCUT2D eigenvalue weighted by molar-refractivity contribution is 7.81. The third-order valence-corrected chi connectivity index (χ3v) is 4.38. The summed E-state index contributed by atoms with van der Waals surface area (Å²) >= 11 is 4.05. The number of hydrogen-bond donors (Lipinski definition) is 4. The van der Waals surface area contributed by atoms with Gasteiger partial charge in [-0.25, -0.2) is 5.06 Å². The largest absolute Gasteiger partial charge is 0.471 e. The number of hydroxylamine groups is 2. The highest BCUT2D eigenvalue weighted by Gasteiger charge is 2.38. The lowest BCUT2D eigenvalue weighted by atomic mass is 10.0. The Balaban J connectivity index is 0.00000251. The van der Waals surface area contributed by atoms with Gasteiger partial charge in [-0.05, 0) is 36.6 Å². The molecule has 3 amide bonds. The van der Waals surface area contributed by atoms with E-state index in [1.165, 1.54) is 12.1 Å². The van der Waals surface area contributed by atoms with Crippen molar-refractivity contribution in [3.63, 3.8) is 0 Å². The molecule has 8 nitrogen and oxygen atoms in total. The van der Waals surface area contributed by atoms with Crippen molar-refractivity contribution in [1.29, 1.82) is 0 Å². The summed E-state index contributed by atoms with van der Waals surface area (Å²) in [6, 6.07) is 4.58. The minimum absolute atomic E-state index is 0.0436. The number of alkyl halides is 3.